The molecule has 0 aliphatic carbocycles. The van der Waals surface area contributed by atoms with Crippen LogP contribution in [0, 0.1) is 0 Å². The van der Waals surface area contributed by atoms with Crippen molar-refractivity contribution in [2.24, 2.45) is 0 Å². The topological polar surface area (TPSA) is 1120 Å². The SMILES string of the molecule is O=S(=O)(O)OC[C@@H]1O[C@@H](O[C@@H]2[C@H](OS(=O)(=O)O)[C@@H](O[C@H]3C(OS(=O)(=O)O)[C@@H](COS(=O)(=O)O)O[C@H](O[C@H]4C(OS(=O)(=O)O)[C@@H](COS(=O)(=O)O)OC(O)[C@H]4OS(=O)(=O)O)[C@H]3OS(=O)(=O)O)O[C@H](COS(=O)(=O)O)[C@@H]2OS(=O)(=O)O)C(OS(=O)(=O)O)[C@@H](O[C@@H]2O[C@@H](COS(=O)(=O)O)[C@@H](OS(=O)(=O)O)[C@H](OS(=O)(=O)O)[C@@H]2OS(=O)(=O)O)[C@@H]1OS(=O)(=O)O. The van der Waals surface area contributed by atoms with Crippen molar-refractivity contribution in [3.63, 3.8) is 0 Å². The highest BCUT2D eigenvalue weighted by Gasteiger charge is 2.65. The van der Waals surface area contributed by atoms with Gasteiger partial charge in [-0.15, -0.1) is 0 Å². The van der Waals surface area contributed by atoms with Gasteiger partial charge < -0.3 is 47.7 Å². The molecule has 0 radical (unpaired) electrons. The Morgan fingerprint density at radius 1 is 0.167 bits per heavy atom. The number of ether oxygens (including phenoxy) is 9. The van der Waals surface area contributed by atoms with Crippen LogP contribution in [0.25, 0.3) is 0 Å². The van der Waals surface area contributed by atoms with E-state index in [1.807, 2.05) is 0 Å². The van der Waals surface area contributed by atoms with Gasteiger partial charge in [-0.1, -0.05) is 0 Å². The average Bonchev–Trinajstić information content (AvgIpc) is 0.747. The molecule has 5 saturated heterocycles. The second-order valence-electron chi connectivity index (χ2n) is 22.1. The first-order valence-electron chi connectivity index (χ1n) is 28.2. The minimum absolute atomic E-state index is 2.12. The van der Waals surface area contributed by atoms with Crippen LogP contribution in [0.2, 0.25) is 0 Å². The van der Waals surface area contributed by atoms with E-state index in [0.717, 1.165) is 0 Å². The lowest BCUT2D eigenvalue weighted by atomic mass is 9.95. The smallest absolute Gasteiger partial charge is 0.366 e. The summed E-state index contributed by atoms with van der Waals surface area (Å²) in [6.07, 6.45) is -96.8. The molecule has 0 aromatic carbocycles. The monoisotopic (exact) mass is 2110 g/mol. The van der Waals surface area contributed by atoms with Gasteiger partial charge in [0.25, 0.3) is 0 Å². The fourth-order valence-electron chi connectivity index (χ4n) is 10.3. The molecule has 17 N–H and O–H groups in total. The first-order valence-corrected chi connectivity index (χ1v) is 50.0. The molecule has 0 amide bonds. The molecule has 5 aliphatic heterocycles. The molecule has 0 saturated carbocycles. The summed E-state index contributed by atoms with van der Waals surface area (Å²) in [7, 11) is -106. The van der Waals surface area contributed by atoms with Crippen molar-refractivity contribution >= 4 is 166 Å². The Bertz CT molecular complexity index is 5560. The van der Waals surface area contributed by atoms with Gasteiger partial charge in [0.1, 0.15) is 91.6 Å². The molecule has 0 bridgehead atoms. The number of aliphatic hydroxyl groups excluding tert-OH is 1. The summed E-state index contributed by atoms with van der Waals surface area (Å²) in [4.78, 5) is 0. The fourth-order valence-corrected chi connectivity index (χ4v) is 17.3. The molecular weight excluding hydrogens is 2060 g/mol. The summed E-state index contributed by atoms with van der Waals surface area (Å²) < 4.78 is 673. The quantitative estimate of drug-likeness (QED) is 0.0252. The van der Waals surface area contributed by atoms with E-state index in [0.29, 0.717) is 0 Å². The average molecular weight is 2110 g/mol. The summed E-state index contributed by atoms with van der Waals surface area (Å²) in [6, 6.07) is 0. The van der Waals surface area contributed by atoms with Crippen molar-refractivity contribution in [3.05, 3.63) is 0 Å². The Morgan fingerprint density at radius 2 is 0.300 bits per heavy atom. The molecule has 0 spiro atoms. The van der Waals surface area contributed by atoms with Gasteiger partial charge in [-0.05, 0) is 0 Å². The van der Waals surface area contributed by atoms with Crippen molar-refractivity contribution in [1.29, 1.82) is 0 Å². The summed E-state index contributed by atoms with van der Waals surface area (Å²) >= 11 is 0. The maximum atomic E-state index is 13.3. The highest BCUT2D eigenvalue weighted by molar-refractivity contribution is 7.84. The van der Waals surface area contributed by atoms with Crippen LogP contribution in [0.3, 0.4) is 0 Å². The molecule has 0 aromatic heterocycles. The summed E-state index contributed by atoms with van der Waals surface area (Å²) in [6.45, 7) is -12.1. The van der Waals surface area contributed by atoms with E-state index < -0.39 is 353 Å². The molecule has 74 nitrogen and oxygen atoms in total. The number of rotatable bonds is 45. The van der Waals surface area contributed by atoms with Gasteiger partial charge in [-0.2, -0.15) is 135 Å². The van der Waals surface area contributed by atoms with Crippen molar-refractivity contribution in [2.45, 2.75) is 154 Å². The van der Waals surface area contributed by atoms with Crippen LogP contribution in [-0.2, 0) is 276 Å². The van der Waals surface area contributed by atoms with Crippen molar-refractivity contribution in [2.75, 3.05) is 33.0 Å². The number of hydrogen-bond acceptors (Lipinski definition) is 58. The summed E-state index contributed by atoms with van der Waals surface area (Å²) in [5.41, 5.74) is 0. The van der Waals surface area contributed by atoms with Gasteiger partial charge in [-0.25, -0.2) is 66.9 Å². The maximum Gasteiger partial charge on any atom is 0.397 e. The van der Waals surface area contributed by atoms with Gasteiger partial charge in [0, 0.05) is 0 Å². The molecule has 5 aliphatic rings. The summed E-state index contributed by atoms with van der Waals surface area (Å²) in [5, 5.41) is 11.0. The zero-order chi connectivity index (χ0) is 92.6. The van der Waals surface area contributed by atoms with E-state index in [1.54, 1.807) is 0 Å². The molecule has 4 unspecified atom stereocenters. The van der Waals surface area contributed by atoms with Crippen molar-refractivity contribution in [3.8, 4) is 0 Å². The maximum absolute atomic E-state index is 13.3. The molecule has 0 aromatic rings. The van der Waals surface area contributed by atoms with Gasteiger partial charge in [-0.3, -0.25) is 72.8 Å². The van der Waals surface area contributed by atoms with E-state index in [2.05, 4.69) is 66.9 Å². The third-order valence-corrected chi connectivity index (χ3v) is 20.9. The van der Waals surface area contributed by atoms with Gasteiger partial charge in [0.15, 0.2) is 62.0 Å². The molecule has 5 rings (SSSR count). The van der Waals surface area contributed by atoms with Gasteiger partial charge in [0.2, 0.25) is 0 Å². The molecule has 120 heavy (non-hydrogen) atoms. The third-order valence-electron chi connectivity index (χ3n) is 13.6. The Hall–Kier alpha value is -2.48. The summed E-state index contributed by atoms with van der Waals surface area (Å²) in [5.74, 6) is 0. The lowest BCUT2D eigenvalue weighted by Crippen LogP contribution is -2.70. The van der Waals surface area contributed by atoms with Crippen LogP contribution in [0.1, 0.15) is 0 Å². The van der Waals surface area contributed by atoms with Crippen molar-refractivity contribution in [1.82, 2.24) is 0 Å². The largest absolute Gasteiger partial charge is 0.397 e. The van der Waals surface area contributed by atoms with Crippen LogP contribution >= 0.6 is 0 Å². The predicted octanol–water partition coefficient (Wildman–Crippen LogP) is -14.7. The van der Waals surface area contributed by atoms with E-state index in [9.17, 15) is 213 Å². The first kappa shape index (κ1) is 108. The van der Waals surface area contributed by atoms with Crippen LogP contribution in [0.5, 0.6) is 0 Å². The van der Waals surface area contributed by atoms with E-state index in [1.165, 1.54) is 0 Å². The second-order valence-corrected chi connectivity index (χ2v) is 39.1. The normalized spacial score (nSPS) is 33.4. The van der Waals surface area contributed by atoms with Crippen molar-refractivity contribution < 1.29 is 322 Å². The standard InChI is InChI=1S/C30H52O74S16/c31-26-21(100-116(65,66)67)16(11(94-110(47,48)49)6(85-26)1-80-105(32,33)34)90-27-22(101-117(68,69)70)17(12(95-111(50,51)52)7(86-27)2-81-106(35,36)37)91-28-23(102-118(71,72)73)18(13(96-112(53,54)55)8(87-28)3-82-107(38,39)40)92-29-24(103-119(74,75)76)19(14(97-113(56,57)58)9(88-29)4-83-108(41,42)43)93-30-25(104-120(77,78)79)20(99-115(62,63)64)15(98-114(59,60)61)10(89-30)5-84-109(44,45)46/h6-31H,1-5H2,(H,32,33,34)(H,35,36,37)(H,38,39,40)(H,41,42,43)(H,44,45,46)(H,47,48,49)(H,50,51,52)(H,53,54,55)(H,56,57,58)(H,59,60,61)(H,62,63,64)(H,65,66,67)(H,68,69,70)(H,71,72,73)(H,74,75,76)(H,77,78,79)/t6-,7-,8-,9+,10+,11?,12?,13+,14-,15-,16+,17+,18+,19+,20+,21+,22+,23+,24?,25+,26?,27-,28-,29+,30+/m1/s1. The minimum atomic E-state index is -7.12. The predicted molar refractivity (Wildman–Crippen MR) is 333 cm³/mol. The number of aliphatic hydroxyl groups is 1. The molecule has 25 atom stereocenters. The molecule has 712 valence electrons. The Balaban J connectivity index is 2.05. The Labute approximate surface area is 670 Å². The van der Waals surface area contributed by atoms with Gasteiger partial charge in [0.05, 0.1) is 33.0 Å². The van der Waals surface area contributed by atoms with Crippen LogP contribution in [0.15, 0.2) is 0 Å². The van der Waals surface area contributed by atoms with Gasteiger partial charge >= 0.3 is 166 Å². The fraction of sp³-hybridized carbons (Fsp3) is 1.00. The highest BCUT2D eigenvalue weighted by Crippen LogP contribution is 2.43. The molecule has 90 heteroatoms. The number of hydrogen-bond donors (Lipinski definition) is 17. The van der Waals surface area contributed by atoms with Crippen LogP contribution < -0.4 is 0 Å². The first-order chi connectivity index (χ1) is 53.3. The van der Waals surface area contributed by atoms with Crippen LogP contribution in [-0.4, -0.2) is 399 Å². The van der Waals surface area contributed by atoms with E-state index in [4.69, 9.17) is 42.6 Å². The molecule has 5 heterocycles. The highest BCUT2D eigenvalue weighted by atomic mass is 32.3. The lowest BCUT2D eigenvalue weighted by molar-refractivity contribution is -0.385. The third kappa shape index (κ3) is 38.4. The van der Waals surface area contributed by atoms with E-state index in [-0.39, 0.29) is 0 Å². The van der Waals surface area contributed by atoms with E-state index >= 15 is 0 Å². The Morgan fingerprint density at radius 3 is 0.475 bits per heavy atom. The lowest BCUT2D eigenvalue weighted by Gasteiger charge is -2.51. The minimum Gasteiger partial charge on any atom is -0.366 e. The molecular formula is C30H52O74S16. The zero-order valence-corrected chi connectivity index (χ0v) is 68.4. The zero-order valence-electron chi connectivity index (χ0n) is 55.4. The second kappa shape index (κ2) is 39.5. The van der Waals surface area contributed by atoms with Crippen LogP contribution in [0.4, 0.5) is 0 Å². The molecule has 5 fully saturated rings. The Kier molecular flexibility index (Phi) is 35.5.